The van der Waals surface area contributed by atoms with Gasteiger partial charge in [-0.05, 0) is 67.7 Å². The highest BCUT2D eigenvalue weighted by Gasteiger charge is 2.43. The molecule has 0 radical (unpaired) electrons. The Labute approximate surface area is 172 Å². The van der Waals surface area contributed by atoms with Crippen LogP contribution < -0.4 is 0 Å². The van der Waals surface area contributed by atoms with Crippen molar-refractivity contribution in [1.29, 1.82) is 0 Å². The number of halogens is 1. The number of likely N-dealkylation sites (tertiary alicyclic amines) is 1. The molecule has 154 valence electrons. The highest BCUT2D eigenvalue weighted by molar-refractivity contribution is 5.83. The summed E-state index contributed by atoms with van der Waals surface area (Å²) in [5.41, 5.74) is 1.29. The number of ether oxygens (including phenoxy) is 1. The van der Waals surface area contributed by atoms with Crippen molar-refractivity contribution in [3.05, 3.63) is 65.7 Å². The van der Waals surface area contributed by atoms with Crippen LogP contribution in [0.15, 0.2) is 48.8 Å². The Morgan fingerprint density at radius 3 is 2.79 bits per heavy atom. The average molecular weight is 397 g/mol. The molecule has 1 aromatic carbocycles. The molecule has 2 aromatic rings. The number of carbonyl (C=O) groups excluding carboxylic acids is 1. The quantitative estimate of drug-likeness (QED) is 0.766. The number of benzene rings is 1. The molecule has 29 heavy (non-hydrogen) atoms. The topological polar surface area (TPSA) is 42.4 Å². The lowest BCUT2D eigenvalue weighted by molar-refractivity contribution is -0.150. The number of amides is 1. The van der Waals surface area contributed by atoms with Crippen LogP contribution in [0, 0.1) is 17.2 Å². The summed E-state index contributed by atoms with van der Waals surface area (Å²) in [4.78, 5) is 20.0. The molecule has 1 atom stereocenters. The van der Waals surface area contributed by atoms with Crippen molar-refractivity contribution in [3.8, 4) is 0 Å². The van der Waals surface area contributed by atoms with E-state index in [4.69, 9.17) is 4.74 Å². The van der Waals surface area contributed by atoms with Crippen LogP contribution in [0.2, 0.25) is 0 Å². The first-order valence-corrected chi connectivity index (χ1v) is 10.7. The van der Waals surface area contributed by atoms with Crippen molar-refractivity contribution in [2.45, 2.75) is 38.5 Å². The molecule has 0 bridgehead atoms. The number of hydrogen-bond donors (Lipinski definition) is 0. The predicted octanol–water partition coefficient (Wildman–Crippen LogP) is 4.04. The second-order valence-corrected chi connectivity index (χ2v) is 8.49. The molecular formula is C24H29FN2O2. The Morgan fingerprint density at radius 1 is 1.21 bits per heavy atom. The number of hydrogen-bond acceptors (Lipinski definition) is 3. The molecule has 2 saturated heterocycles. The van der Waals surface area contributed by atoms with Gasteiger partial charge in [0.25, 0.3) is 0 Å². The van der Waals surface area contributed by atoms with Crippen LogP contribution in [-0.2, 0) is 22.4 Å². The molecule has 1 amide bonds. The van der Waals surface area contributed by atoms with Crippen molar-refractivity contribution in [2.24, 2.45) is 11.3 Å². The highest BCUT2D eigenvalue weighted by Crippen LogP contribution is 2.38. The Bertz CT molecular complexity index is 821. The fourth-order valence-corrected chi connectivity index (χ4v) is 4.84. The lowest BCUT2D eigenvalue weighted by atomic mass is 9.73. The van der Waals surface area contributed by atoms with E-state index in [0.29, 0.717) is 44.0 Å². The number of rotatable bonds is 5. The van der Waals surface area contributed by atoms with E-state index in [0.717, 1.165) is 32.4 Å². The summed E-state index contributed by atoms with van der Waals surface area (Å²) < 4.78 is 19.9. The smallest absolute Gasteiger partial charge is 0.229 e. The van der Waals surface area contributed by atoms with Crippen molar-refractivity contribution in [1.82, 2.24) is 9.88 Å². The maximum atomic E-state index is 14.4. The number of pyridine rings is 1. The fourth-order valence-electron chi connectivity index (χ4n) is 4.84. The summed E-state index contributed by atoms with van der Waals surface area (Å²) in [6.45, 7) is 2.69. The maximum Gasteiger partial charge on any atom is 0.229 e. The molecular weight excluding hydrogens is 367 g/mol. The largest absolute Gasteiger partial charge is 0.381 e. The molecule has 4 nitrogen and oxygen atoms in total. The lowest BCUT2D eigenvalue weighted by Crippen LogP contribution is -2.51. The van der Waals surface area contributed by atoms with Crippen LogP contribution in [0.3, 0.4) is 0 Å². The minimum Gasteiger partial charge on any atom is -0.381 e. The zero-order chi connectivity index (χ0) is 20.1. The molecule has 3 heterocycles. The van der Waals surface area contributed by atoms with Gasteiger partial charge in [-0.15, -0.1) is 0 Å². The van der Waals surface area contributed by atoms with E-state index in [1.54, 1.807) is 18.3 Å². The SMILES string of the molecule is O=C(N1CCCC(Cc2cccnc2)C1)C1(Cc2ccccc2F)CCOCC1. The van der Waals surface area contributed by atoms with Gasteiger partial charge in [-0.1, -0.05) is 24.3 Å². The van der Waals surface area contributed by atoms with Gasteiger partial charge in [0.15, 0.2) is 0 Å². The van der Waals surface area contributed by atoms with Gasteiger partial charge >= 0.3 is 0 Å². The van der Waals surface area contributed by atoms with Crippen LogP contribution in [0.4, 0.5) is 4.39 Å². The van der Waals surface area contributed by atoms with E-state index in [2.05, 4.69) is 11.1 Å². The third-order valence-corrected chi connectivity index (χ3v) is 6.44. The summed E-state index contributed by atoms with van der Waals surface area (Å²) in [5.74, 6) is 0.404. The van der Waals surface area contributed by atoms with E-state index in [9.17, 15) is 9.18 Å². The van der Waals surface area contributed by atoms with Gasteiger partial charge < -0.3 is 9.64 Å². The predicted molar refractivity (Wildman–Crippen MR) is 110 cm³/mol. The third kappa shape index (κ3) is 4.67. The van der Waals surface area contributed by atoms with Crippen LogP contribution in [0.5, 0.6) is 0 Å². The molecule has 0 saturated carbocycles. The van der Waals surface area contributed by atoms with Gasteiger partial charge in [0.1, 0.15) is 5.82 Å². The zero-order valence-corrected chi connectivity index (χ0v) is 16.9. The molecule has 2 aliphatic rings. The van der Waals surface area contributed by atoms with E-state index in [1.807, 2.05) is 23.2 Å². The van der Waals surface area contributed by atoms with Crippen molar-refractivity contribution in [2.75, 3.05) is 26.3 Å². The van der Waals surface area contributed by atoms with Crippen LogP contribution in [-0.4, -0.2) is 42.1 Å². The van der Waals surface area contributed by atoms with Crippen molar-refractivity contribution in [3.63, 3.8) is 0 Å². The maximum absolute atomic E-state index is 14.4. The molecule has 1 aromatic heterocycles. The van der Waals surface area contributed by atoms with Gasteiger partial charge in [-0.2, -0.15) is 0 Å². The summed E-state index contributed by atoms with van der Waals surface area (Å²) in [5, 5.41) is 0. The number of carbonyl (C=O) groups is 1. The van der Waals surface area contributed by atoms with Crippen molar-refractivity contribution >= 4 is 5.91 Å². The summed E-state index contributed by atoms with van der Waals surface area (Å²) in [6, 6.07) is 10.9. The van der Waals surface area contributed by atoms with Crippen LogP contribution in [0.1, 0.15) is 36.8 Å². The molecule has 5 heteroatoms. The molecule has 1 unspecified atom stereocenters. The van der Waals surface area contributed by atoms with Gasteiger partial charge in [0.2, 0.25) is 5.91 Å². The Hall–Kier alpha value is -2.27. The van der Waals surface area contributed by atoms with Gasteiger partial charge in [-0.3, -0.25) is 9.78 Å². The standard InChI is InChI=1S/C24H29FN2O2/c25-22-8-2-1-7-21(22)16-24(9-13-29-14-10-24)23(28)27-12-4-6-20(18-27)15-19-5-3-11-26-17-19/h1-3,5,7-8,11,17,20H,4,6,9-10,12-16,18H2. The normalized spacial score (nSPS) is 21.7. The van der Waals surface area contributed by atoms with Gasteiger partial charge in [0.05, 0.1) is 5.41 Å². The number of nitrogens with zero attached hydrogens (tertiary/aromatic N) is 2. The molecule has 0 aliphatic carbocycles. The third-order valence-electron chi connectivity index (χ3n) is 6.44. The minimum absolute atomic E-state index is 0.180. The fraction of sp³-hybridized carbons (Fsp3) is 0.500. The summed E-state index contributed by atoms with van der Waals surface area (Å²) in [6.07, 6.45) is 8.56. The minimum atomic E-state index is -0.559. The highest BCUT2D eigenvalue weighted by atomic mass is 19.1. The van der Waals surface area contributed by atoms with Crippen LogP contribution in [0.25, 0.3) is 0 Å². The Kier molecular flexibility index (Phi) is 6.24. The Morgan fingerprint density at radius 2 is 2.03 bits per heavy atom. The second-order valence-electron chi connectivity index (χ2n) is 8.49. The number of piperidine rings is 1. The second kappa shape index (κ2) is 9.04. The first-order valence-electron chi connectivity index (χ1n) is 10.7. The molecule has 2 aliphatic heterocycles. The lowest BCUT2D eigenvalue weighted by Gasteiger charge is -2.42. The Balaban J connectivity index is 1.50. The van der Waals surface area contributed by atoms with Crippen molar-refractivity contribution < 1.29 is 13.9 Å². The van der Waals surface area contributed by atoms with E-state index >= 15 is 0 Å². The van der Waals surface area contributed by atoms with Crippen LogP contribution >= 0.6 is 0 Å². The van der Waals surface area contributed by atoms with E-state index in [-0.39, 0.29) is 11.7 Å². The monoisotopic (exact) mass is 396 g/mol. The summed E-state index contributed by atoms with van der Waals surface area (Å²) in [7, 11) is 0. The van der Waals surface area contributed by atoms with E-state index in [1.165, 1.54) is 11.6 Å². The zero-order valence-electron chi connectivity index (χ0n) is 16.9. The first kappa shape index (κ1) is 20.0. The molecule has 4 rings (SSSR count). The van der Waals surface area contributed by atoms with E-state index < -0.39 is 5.41 Å². The summed E-state index contributed by atoms with van der Waals surface area (Å²) >= 11 is 0. The van der Waals surface area contributed by atoms with Gasteiger partial charge in [0, 0.05) is 38.7 Å². The molecule has 2 fully saturated rings. The molecule has 0 spiro atoms. The average Bonchev–Trinajstić information content (AvgIpc) is 2.76. The number of aromatic nitrogens is 1. The molecule has 0 N–H and O–H groups in total. The van der Waals surface area contributed by atoms with Gasteiger partial charge in [-0.25, -0.2) is 4.39 Å². The first-order chi connectivity index (χ1) is 14.2.